The van der Waals surface area contributed by atoms with E-state index in [0.29, 0.717) is 12.1 Å². The minimum atomic E-state index is -1.19. The minimum absolute atomic E-state index is 0.0664. The Kier molecular flexibility index (Phi) is 6.44. The highest BCUT2D eigenvalue weighted by molar-refractivity contribution is 6.09. The highest BCUT2D eigenvalue weighted by Gasteiger charge is 2.49. The van der Waals surface area contributed by atoms with Crippen molar-refractivity contribution in [3.63, 3.8) is 0 Å². The number of nitrogens with zero attached hydrogens (tertiary/aromatic N) is 2. The van der Waals surface area contributed by atoms with Crippen molar-refractivity contribution in [1.82, 2.24) is 15.1 Å². The number of hydrogen-bond acceptors (Lipinski definition) is 3. The van der Waals surface area contributed by atoms with Crippen LogP contribution < -0.4 is 5.32 Å². The number of nitrogens with one attached hydrogen (secondary N) is 1. The molecular weight excluding hydrogens is 378 g/mol. The van der Waals surface area contributed by atoms with E-state index in [1.54, 1.807) is 11.8 Å². The fourth-order valence-electron chi connectivity index (χ4n) is 3.90. The quantitative estimate of drug-likeness (QED) is 0.669. The lowest BCUT2D eigenvalue weighted by Crippen LogP contribution is -2.47. The van der Waals surface area contributed by atoms with Crippen LogP contribution in [0.2, 0.25) is 0 Å². The molecule has 6 nitrogen and oxygen atoms in total. The second-order valence-electron chi connectivity index (χ2n) is 8.21. The lowest BCUT2D eigenvalue weighted by molar-refractivity contribution is -0.140. The molecule has 6 heteroatoms. The van der Waals surface area contributed by atoms with E-state index in [2.05, 4.69) is 12.2 Å². The van der Waals surface area contributed by atoms with Gasteiger partial charge in [0.1, 0.15) is 12.1 Å². The van der Waals surface area contributed by atoms with Crippen LogP contribution in [-0.2, 0) is 15.1 Å². The van der Waals surface area contributed by atoms with Gasteiger partial charge in [-0.2, -0.15) is 0 Å². The zero-order valence-electron chi connectivity index (χ0n) is 18.3. The first-order valence-corrected chi connectivity index (χ1v) is 10.7. The maximum Gasteiger partial charge on any atom is 0.325 e. The molecule has 3 rings (SSSR count). The maximum absolute atomic E-state index is 13.3. The molecule has 0 radical (unpaired) electrons. The highest BCUT2D eigenvalue weighted by atomic mass is 16.2. The summed E-state index contributed by atoms with van der Waals surface area (Å²) in [4.78, 5) is 41.7. The van der Waals surface area contributed by atoms with Gasteiger partial charge in [0.15, 0.2) is 0 Å². The summed E-state index contributed by atoms with van der Waals surface area (Å²) in [5.41, 5.74) is -0.481. The first-order chi connectivity index (χ1) is 14.3. The molecule has 1 fully saturated rings. The van der Waals surface area contributed by atoms with E-state index >= 15 is 0 Å². The minimum Gasteiger partial charge on any atom is -0.338 e. The predicted octanol–water partition coefficient (Wildman–Crippen LogP) is 4.03. The molecule has 2 unspecified atom stereocenters. The molecule has 30 heavy (non-hydrogen) atoms. The van der Waals surface area contributed by atoms with Crippen molar-refractivity contribution in [3.8, 4) is 0 Å². The van der Waals surface area contributed by atoms with Crippen molar-refractivity contribution in [3.05, 3.63) is 48.0 Å². The Balaban J connectivity index is 1.83. The molecule has 1 N–H and O–H groups in total. The second-order valence-corrected chi connectivity index (χ2v) is 8.21. The van der Waals surface area contributed by atoms with Crippen molar-refractivity contribution < 1.29 is 14.4 Å². The Morgan fingerprint density at radius 3 is 2.50 bits per heavy atom. The number of amides is 4. The molecule has 1 aliphatic heterocycles. The van der Waals surface area contributed by atoms with Gasteiger partial charge in [-0.3, -0.25) is 14.5 Å². The number of carbonyl (C=O) groups excluding carboxylic acids is 3. The molecule has 1 saturated heterocycles. The average Bonchev–Trinajstić information content (AvgIpc) is 2.97. The molecule has 1 aliphatic rings. The Hall–Kier alpha value is -2.89. The Bertz CT molecular complexity index is 958. The molecule has 2 atom stereocenters. The summed E-state index contributed by atoms with van der Waals surface area (Å²) in [6, 6.07) is 13.1. The van der Waals surface area contributed by atoms with Gasteiger partial charge in [0.25, 0.3) is 5.91 Å². The SMILES string of the molecule is CCCCN(C(=O)CN1C(=O)NC(C)(c2ccc3ccccc3c2)C1=O)C(C)CC. The van der Waals surface area contributed by atoms with Gasteiger partial charge in [0, 0.05) is 12.6 Å². The average molecular weight is 410 g/mol. The van der Waals surface area contributed by atoms with Crippen molar-refractivity contribution in [2.45, 2.75) is 58.5 Å². The summed E-state index contributed by atoms with van der Waals surface area (Å²) in [5.74, 6) is -0.584. The molecule has 2 aromatic carbocycles. The van der Waals surface area contributed by atoms with Gasteiger partial charge >= 0.3 is 6.03 Å². The number of fused-ring (bicyclic) bond motifs is 1. The zero-order chi connectivity index (χ0) is 21.9. The number of unbranched alkanes of at least 4 members (excludes halogenated alkanes) is 1. The predicted molar refractivity (Wildman–Crippen MR) is 118 cm³/mol. The topological polar surface area (TPSA) is 69.7 Å². The van der Waals surface area contributed by atoms with Crippen LogP contribution in [0.1, 0.15) is 52.5 Å². The smallest absolute Gasteiger partial charge is 0.325 e. The van der Waals surface area contributed by atoms with Crippen LogP contribution in [0.4, 0.5) is 4.79 Å². The molecule has 0 aliphatic carbocycles. The first-order valence-electron chi connectivity index (χ1n) is 10.7. The number of carbonyl (C=O) groups is 3. The van der Waals surface area contributed by atoms with Crippen molar-refractivity contribution in [2.24, 2.45) is 0 Å². The lowest BCUT2D eigenvalue weighted by Gasteiger charge is -2.30. The third-order valence-corrected chi connectivity index (χ3v) is 6.09. The van der Waals surface area contributed by atoms with Crippen LogP contribution in [0.25, 0.3) is 10.8 Å². The van der Waals surface area contributed by atoms with Gasteiger partial charge in [-0.15, -0.1) is 0 Å². The van der Waals surface area contributed by atoms with E-state index in [-0.39, 0.29) is 18.5 Å². The fourth-order valence-corrected chi connectivity index (χ4v) is 3.90. The lowest BCUT2D eigenvalue weighted by atomic mass is 9.90. The zero-order valence-corrected chi connectivity index (χ0v) is 18.3. The number of hydrogen-bond donors (Lipinski definition) is 1. The Labute approximate surface area is 178 Å². The Morgan fingerprint density at radius 1 is 1.13 bits per heavy atom. The first kappa shape index (κ1) is 21.8. The molecule has 0 aromatic heterocycles. The number of benzene rings is 2. The van der Waals surface area contributed by atoms with E-state index in [1.165, 1.54) is 0 Å². The van der Waals surface area contributed by atoms with Crippen LogP contribution in [-0.4, -0.2) is 46.8 Å². The molecule has 160 valence electrons. The van der Waals surface area contributed by atoms with Gasteiger partial charge in [0.05, 0.1) is 0 Å². The molecule has 1 heterocycles. The summed E-state index contributed by atoms with van der Waals surface area (Å²) < 4.78 is 0. The van der Waals surface area contributed by atoms with Crippen LogP contribution in [0, 0.1) is 0 Å². The molecular formula is C24H31N3O3. The molecule has 0 bridgehead atoms. The normalized spacial score (nSPS) is 19.8. The largest absolute Gasteiger partial charge is 0.338 e. The standard InChI is InChI=1S/C24H31N3O3/c1-5-7-14-26(17(3)6-2)21(28)16-27-22(29)24(4,25-23(27)30)20-13-12-18-10-8-9-11-19(18)15-20/h8-13,15,17H,5-7,14,16H2,1-4H3,(H,25,30). The van der Waals surface area contributed by atoms with E-state index < -0.39 is 17.5 Å². The van der Waals surface area contributed by atoms with Crippen LogP contribution in [0.3, 0.4) is 0 Å². The fraction of sp³-hybridized carbons (Fsp3) is 0.458. The summed E-state index contributed by atoms with van der Waals surface area (Å²) in [6.07, 6.45) is 2.69. The van der Waals surface area contributed by atoms with Crippen LogP contribution in [0.15, 0.2) is 42.5 Å². The monoisotopic (exact) mass is 409 g/mol. The Morgan fingerprint density at radius 2 is 1.83 bits per heavy atom. The van der Waals surface area contributed by atoms with Crippen molar-refractivity contribution >= 4 is 28.6 Å². The molecule has 0 spiro atoms. The third kappa shape index (κ3) is 4.04. The van der Waals surface area contributed by atoms with Gasteiger partial charge in [-0.05, 0) is 49.1 Å². The van der Waals surface area contributed by atoms with Crippen molar-refractivity contribution in [1.29, 1.82) is 0 Å². The van der Waals surface area contributed by atoms with E-state index in [9.17, 15) is 14.4 Å². The van der Waals surface area contributed by atoms with E-state index in [0.717, 1.165) is 34.9 Å². The number of rotatable bonds is 8. The second kappa shape index (κ2) is 8.86. The molecule has 2 aromatic rings. The van der Waals surface area contributed by atoms with Gasteiger partial charge in [-0.1, -0.05) is 56.7 Å². The maximum atomic E-state index is 13.3. The summed E-state index contributed by atoms with van der Waals surface area (Å²) in [5, 5.41) is 4.87. The van der Waals surface area contributed by atoms with Gasteiger partial charge in [0.2, 0.25) is 5.91 Å². The number of urea groups is 1. The summed E-state index contributed by atoms with van der Waals surface area (Å²) >= 11 is 0. The number of imide groups is 1. The van der Waals surface area contributed by atoms with E-state index in [1.807, 2.05) is 56.3 Å². The van der Waals surface area contributed by atoms with Crippen molar-refractivity contribution in [2.75, 3.05) is 13.1 Å². The highest BCUT2D eigenvalue weighted by Crippen LogP contribution is 2.31. The van der Waals surface area contributed by atoms with Gasteiger partial charge in [-0.25, -0.2) is 4.79 Å². The molecule has 4 amide bonds. The van der Waals surface area contributed by atoms with Crippen LogP contribution >= 0.6 is 0 Å². The van der Waals surface area contributed by atoms with E-state index in [4.69, 9.17) is 0 Å². The van der Waals surface area contributed by atoms with Gasteiger partial charge < -0.3 is 10.2 Å². The summed E-state index contributed by atoms with van der Waals surface area (Å²) in [6.45, 7) is 8.20. The third-order valence-electron chi connectivity index (χ3n) is 6.09. The summed E-state index contributed by atoms with van der Waals surface area (Å²) in [7, 11) is 0. The molecule has 0 saturated carbocycles. The van der Waals surface area contributed by atoms with Crippen LogP contribution in [0.5, 0.6) is 0 Å².